The van der Waals surface area contributed by atoms with E-state index in [2.05, 4.69) is 0 Å². The molecule has 0 aromatic heterocycles. The van der Waals surface area contributed by atoms with Crippen LogP contribution in [0.4, 0.5) is 5.69 Å². The minimum Gasteiger partial charge on any atom is -0.480 e. The van der Waals surface area contributed by atoms with E-state index in [4.69, 9.17) is 0 Å². The Labute approximate surface area is 98.9 Å². The molecule has 1 aromatic rings. The largest absolute Gasteiger partial charge is 0.480 e. The Kier molecular flexibility index (Phi) is 2.02. The molecule has 1 saturated heterocycles. The Balaban J connectivity index is 2.01. The van der Waals surface area contributed by atoms with Gasteiger partial charge in [-0.3, -0.25) is 9.69 Å². The predicted molar refractivity (Wildman–Crippen MR) is 61.7 cm³/mol. The van der Waals surface area contributed by atoms with Gasteiger partial charge in [-0.2, -0.15) is 0 Å². The second-order valence-electron chi connectivity index (χ2n) is 4.84. The standard InChI is InChI=1S/C13H13NO3/c1-7-3-2-4-8(5-7)14-11(13(16)17)9-6-10(9)12(14)15/h2-5,9-11H,6H2,1H3,(H,16,17). The average molecular weight is 231 g/mol. The van der Waals surface area contributed by atoms with Crippen LogP contribution in [0.15, 0.2) is 24.3 Å². The first-order valence-corrected chi connectivity index (χ1v) is 5.72. The van der Waals surface area contributed by atoms with Gasteiger partial charge in [-0.1, -0.05) is 12.1 Å². The number of carboxylic acids is 1. The van der Waals surface area contributed by atoms with Crippen molar-refractivity contribution < 1.29 is 14.7 Å². The molecule has 1 aliphatic heterocycles. The van der Waals surface area contributed by atoms with Gasteiger partial charge in [0.1, 0.15) is 6.04 Å². The van der Waals surface area contributed by atoms with Crippen molar-refractivity contribution in [1.82, 2.24) is 0 Å². The molecule has 0 radical (unpaired) electrons. The Morgan fingerprint density at radius 2 is 2.24 bits per heavy atom. The summed E-state index contributed by atoms with van der Waals surface area (Å²) in [6.07, 6.45) is 0.734. The van der Waals surface area contributed by atoms with E-state index in [1.807, 2.05) is 25.1 Å². The van der Waals surface area contributed by atoms with Crippen LogP contribution in [0.3, 0.4) is 0 Å². The van der Waals surface area contributed by atoms with E-state index in [-0.39, 0.29) is 17.7 Å². The second kappa shape index (κ2) is 3.32. The number of fused-ring (bicyclic) bond motifs is 1. The molecule has 17 heavy (non-hydrogen) atoms. The zero-order chi connectivity index (χ0) is 12.2. The maximum Gasteiger partial charge on any atom is 0.327 e. The fourth-order valence-corrected chi connectivity index (χ4v) is 2.71. The average Bonchev–Trinajstić information content (AvgIpc) is 2.99. The number of carbonyl (C=O) groups is 2. The van der Waals surface area contributed by atoms with Gasteiger partial charge < -0.3 is 5.11 Å². The number of aryl methyl sites for hydroxylation is 1. The highest BCUT2D eigenvalue weighted by molar-refractivity contribution is 6.06. The van der Waals surface area contributed by atoms with Crippen molar-refractivity contribution in [3.63, 3.8) is 0 Å². The molecule has 3 unspecified atom stereocenters. The van der Waals surface area contributed by atoms with Crippen LogP contribution in [0.2, 0.25) is 0 Å². The van der Waals surface area contributed by atoms with Crippen LogP contribution in [0.5, 0.6) is 0 Å². The summed E-state index contributed by atoms with van der Waals surface area (Å²) in [6.45, 7) is 1.93. The lowest BCUT2D eigenvalue weighted by Gasteiger charge is -2.24. The SMILES string of the molecule is Cc1cccc(N2C(=O)C3CC3C2C(=O)O)c1. The normalized spacial score (nSPS) is 30.3. The van der Waals surface area contributed by atoms with Crippen LogP contribution in [0.25, 0.3) is 0 Å². The van der Waals surface area contributed by atoms with Gasteiger partial charge in [0.25, 0.3) is 0 Å². The molecule has 1 amide bonds. The highest BCUT2D eigenvalue weighted by Crippen LogP contribution is 2.51. The third-order valence-electron chi connectivity index (χ3n) is 3.61. The van der Waals surface area contributed by atoms with Crippen molar-refractivity contribution in [2.45, 2.75) is 19.4 Å². The van der Waals surface area contributed by atoms with Crippen LogP contribution in [-0.4, -0.2) is 23.0 Å². The van der Waals surface area contributed by atoms with Crippen molar-refractivity contribution in [2.75, 3.05) is 4.90 Å². The summed E-state index contributed by atoms with van der Waals surface area (Å²) in [5, 5.41) is 9.24. The fraction of sp³-hybridized carbons (Fsp3) is 0.385. The number of nitrogens with zero attached hydrogens (tertiary/aromatic N) is 1. The van der Waals surface area contributed by atoms with E-state index < -0.39 is 12.0 Å². The molecule has 0 spiro atoms. The Morgan fingerprint density at radius 1 is 1.47 bits per heavy atom. The molecule has 0 bridgehead atoms. The zero-order valence-corrected chi connectivity index (χ0v) is 9.46. The molecule has 3 rings (SSSR count). The van der Waals surface area contributed by atoms with Crippen molar-refractivity contribution in [2.24, 2.45) is 11.8 Å². The number of carboxylic acid groups (broad SMARTS) is 1. The predicted octanol–water partition coefficient (Wildman–Crippen LogP) is 1.43. The van der Waals surface area contributed by atoms with Gasteiger partial charge in [0, 0.05) is 17.5 Å². The molecule has 88 valence electrons. The molecule has 4 nitrogen and oxygen atoms in total. The van der Waals surface area contributed by atoms with Crippen LogP contribution < -0.4 is 4.90 Å². The monoisotopic (exact) mass is 231 g/mol. The first-order valence-electron chi connectivity index (χ1n) is 5.72. The summed E-state index contributed by atoms with van der Waals surface area (Å²) in [5.41, 5.74) is 1.73. The van der Waals surface area contributed by atoms with Crippen LogP contribution >= 0.6 is 0 Å². The van der Waals surface area contributed by atoms with Gasteiger partial charge in [-0.05, 0) is 31.0 Å². The summed E-state index contributed by atoms with van der Waals surface area (Å²) < 4.78 is 0. The summed E-state index contributed by atoms with van der Waals surface area (Å²) in [6, 6.07) is 6.76. The van der Waals surface area contributed by atoms with E-state index in [1.54, 1.807) is 6.07 Å². The number of benzene rings is 1. The summed E-state index contributed by atoms with van der Waals surface area (Å²) in [4.78, 5) is 24.7. The number of piperidine rings is 1. The molecular weight excluding hydrogens is 218 g/mol. The highest BCUT2D eigenvalue weighted by atomic mass is 16.4. The molecule has 4 heteroatoms. The van der Waals surface area contributed by atoms with E-state index in [9.17, 15) is 14.7 Å². The Morgan fingerprint density at radius 3 is 2.88 bits per heavy atom. The van der Waals surface area contributed by atoms with Gasteiger partial charge in [0.15, 0.2) is 0 Å². The van der Waals surface area contributed by atoms with E-state index in [0.717, 1.165) is 12.0 Å². The Hall–Kier alpha value is -1.84. The molecule has 1 heterocycles. The molecule has 2 fully saturated rings. The summed E-state index contributed by atoms with van der Waals surface area (Å²) >= 11 is 0. The van der Waals surface area contributed by atoms with Crippen LogP contribution in [-0.2, 0) is 9.59 Å². The lowest BCUT2D eigenvalue weighted by atomic mass is 10.1. The van der Waals surface area contributed by atoms with E-state index in [1.165, 1.54) is 4.90 Å². The minimum atomic E-state index is -0.898. The second-order valence-corrected chi connectivity index (χ2v) is 4.84. The lowest BCUT2D eigenvalue weighted by molar-refractivity contribution is -0.139. The number of amides is 1. The Bertz CT molecular complexity index is 511. The maximum absolute atomic E-state index is 12.0. The number of rotatable bonds is 2. The number of hydrogen-bond donors (Lipinski definition) is 1. The third kappa shape index (κ3) is 1.44. The van der Waals surface area contributed by atoms with Gasteiger partial charge >= 0.3 is 5.97 Å². The number of carbonyl (C=O) groups excluding carboxylic acids is 1. The van der Waals surface area contributed by atoms with E-state index in [0.29, 0.717) is 5.69 Å². The van der Waals surface area contributed by atoms with Crippen molar-refractivity contribution in [1.29, 1.82) is 0 Å². The van der Waals surface area contributed by atoms with Crippen LogP contribution in [0.1, 0.15) is 12.0 Å². The van der Waals surface area contributed by atoms with Crippen molar-refractivity contribution in [3.05, 3.63) is 29.8 Å². The van der Waals surface area contributed by atoms with Crippen molar-refractivity contribution in [3.8, 4) is 0 Å². The minimum absolute atomic E-state index is 0.0144. The molecule has 1 aliphatic carbocycles. The smallest absolute Gasteiger partial charge is 0.327 e. The third-order valence-corrected chi connectivity index (χ3v) is 3.61. The molecule has 2 aliphatic rings. The first kappa shape index (κ1) is 10.3. The summed E-state index contributed by atoms with van der Waals surface area (Å²) in [7, 11) is 0. The van der Waals surface area contributed by atoms with Gasteiger partial charge in [-0.25, -0.2) is 4.79 Å². The van der Waals surface area contributed by atoms with E-state index >= 15 is 0 Å². The van der Waals surface area contributed by atoms with Crippen LogP contribution in [0, 0.1) is 18.8 Å². The quantitative estimate of drug-likeness (QED) is 0.837. The zero-order valence-electron chi connectivity index (χ0n) is 9.46. The highest BCUT2D eigenvalue weighted by Gasteiger charge is 2.61. The molecule has 1 saturated carbocycles. The molecule has 3 atom stereocenters. The van der Waals surface area contributed by atoms with Crippen molar-refractivity contribution >= 4 is 17.6 Å². The van der Waals surface area contributed by atoms with Gasteiger partial charge in [0.05, 0.1) is 0 Å². The number of hydrogen-bond acceptors (Lipinski definition) is 2. The van der Waals surface area contributed by atoms with Gasteiger partial charge in [-0.15, -0.1) is 0 Å². The lowest BCUT2D eigenvalue weighted by Crippen LogP contribution is -2.42. The number of anilines is 1. The first-order chi connectivity index (χ1) is 8.09. The maximum atomic E-state index is 12.0. The number of aliphatic carboxylic acids is 1. The topological polar surface area (TPSA) is 57.6 Å². The molecular formula is C13H13NO3. The molecule has 1 aromatic carbocycles. The fourth-order valence-electron chi connectivity index (χ4n) is 2.71. The van der Waals surface area contributed by atoms with Gasteiger partial charge in [0.2, 0.25) is 5.91 Å². The molecule has 1 N–H and O–H groups in total. The summed E-state index contributed by atoms with van der Waals surface area (Å²) in [5.74, 6) is -0.977.